The van der Waals surface area contributed by atoms with Gasteiger partial charge in [-0.25, -0.2) is 4.99 Å². The highest BCUT2D eigenvalue weighted by Crippen LogP contribution is 1.79. The lowest BCUT2D eigenvalue weighted by molar-refractivity contribution is -0.112. The van der Waals surface area contributed by atoms with E-state index in [4.69, 9.17) is 0 Å². The first kappa shape index (κ1) is 11.1. The van der Waals surface area contributed by atoms with Crippen molar-refractivity contribution in [2.45, 2.75) is 0 Å². The Kier molecular flexibility index (Phi) is 3.86. The van der Waals surface area contributed by atoms with E-state index >= 15 is 0 Å². The SMILES string of the molecule is Cl.Cl.O=C1C=c2ncccc2=N1. The summed E-state index contributed by atoms with van der Waals surface area (Å²) in [5.74, 6) is -0.214. The second-order valence-electron chi connectivity index (χ2n) is 2.00. The van der Waals surface area contributed by atoms with E-state index in [-0.39, 0.29) is 30.7 Å². The first-order chi connectivity index (χ1) is 4.86. The molecule has 12 heavy (non-hydrogen) atoms. The Hall–Kier alpha value is -0.930. The predicted octanol–water partition coefficient (Wildman–Crippen LogP) is -0.135. The van der Waals surface area contributed by atoms with Crippen molar-refractivity contribution in [1.29, 1.82) is 0 Å². The molecule has 0 bridgehead atoms. The number of pyridine rings is 1. The Morgan fingerprint density at radius 2 is 2.00 bits per heavy atom. The number of aromatic nitrogens is 1. The highest BCUT2D eigenvalue weighted by Gasteiger charge is 2.00. The normalized spacial score (nSPS) is 11.5. The van der Waals surface area contributed by atoms with Crippen molar-refractivity contribution in [3.8, 4) is 0 Å². The topological polar surface area (TPSA) is 42.3 Å². The van der Waals surface area contributed by atoms with Gasteiger partial charge in [0.2, 0.25) is 0 Å². The summed E-state index contributed by atoms with van der Waals surface area (Å²) in [5, 5.41) is 1.35. The quantitative estimate of drug-likeness (QED) is 0.591. The number of carbonyl (C=O) groups is 1. The van der Waals surface area contributed by atoms with E-state index in [1.807, 2.05) is 0 Å². The molecule has 3 nitrogen and oxygen atoms in total. The molecule has 64 valence electrons. The van der Waals surface area contributed by atoms with Gasteiger partial charge in [-0.3, -0.25) is 9.78 Å². The first-order valence-electron chi connectivity index (χ1n) is 2.92. The van der Waals surface area contributed by atoms with Gasteiger partial charge in [-0.15, -0.1) is 24.8 Å². The first-order valence-corrected chi connectivity index (χ1v) is 2.92. The van der Waals surface area contributed by atoms with Crippen molar-refractivity contribution in [3.63, 3.8) is 0 Å². The van der Waals surface area contributed by atoms with Crippen LogP contribution in [-0.4, -0.2) is 10.9 Å². The number of amides is 1. The third kappa shape index (κ3) is 1.81. The Balaban J connectivity index is 0.000000605. The fourth-order valence-corrected chi connectivity index (χ4v) is 0.883. The zero-order valence-corrected chi connectivity index (χ0v) is 7.56. The number of carbonyl (C=O) groups excluding carboxylic acids is 1. The Bertz CT molecular complexity index is 365. The van der Waals surface area contributed by atoms with Gasteiger partial charge in [0.25, 0.3) is 5.91 Å². The Morgan fingerprint density at radius 1 is 1.25 bits per heavy atom. The van der Waals surface area contributed by atoms with Crippen LogP contribution in [0, 0.1) is 0 Å². The molecule has 0 radical (unpaired) electrons. The van der Waals surface area contributed by atoms with E-state index in [1.54, 1.807) is 18.3 Å². The summed E-state index contributed by atoms with van der Waals surface area (Å²) >= 11 is 0. The lowest BCUT2D eigenvalue weighted by Crippen LogP contribution is -2.23. The van der Waals surface area contributed by atoms with Crippen LogP contribution in [0.5, 0.6) is 0 Å². The Labute approximate surface area is 81.0 Å². The smallest absolute Gasteiger partial charge is 0.267 e. The van der Waals surface area contributed by atoms with Crippen LogP contribution < -0.4 is 10.7 Å². The maximum absolute atomic E-state index is 10.6. The standard InChI is InChI=1S/C7H4N2O.2ClH/c10-7-4-6-5(9-7)2-1-3-8-6;;/h1-4H;2*1H. The summed E-state index contributed by atoms with van der Waals surface area (Å²) in [4.78, 5) is 18.3. The number of fused-ring (bicyclic) bond motifs is 1. The van der Waals surface area contributed by atoms with Crippen LogP contribution in [0.25, 0.3) is 6.08 Å². The van der Waals surface area contributed by atoms with Gasteiger partial charge in [0, 0.05) is 12.3 Å². The monoisotopic (exact) mass is 204 g/mol. The number of halogens is 2. The fourth-order valence-electron chi connectivity index (χ4n) is 0.883. The molecule has 2 rings (SSSR count). The fraction of sp³-hybridized carbons (Fsp3) is 0. The minimum Gasteiger partial charge on any atom is -0.267 e. The highest BCUT2D eigenvalue weighted by atomic mass is 35.5. The van der Waals surface area contributed by atoms with E-state index in [0.717, 1.165) is 0 Å². The van der Waals surface area contributed by atoms with Gasteiger partial charge >= 0.3 is 0 Å². The van der Waals surface area contributed by atoms with Crippen molar-refractivity contribution < 1.29 is 4.79 Å². The van der Waals surface area contributed by atoms with E-state index in [2.05, 4.69) is 9.98 Å². The molecule has 1 aromatic rings. The molecule has 5 heteroatoms. The van der Waals surface area contributed by atoms with E-state index < -0.39 is 0 Å². The van der Waals surface area contributed by atoms with Crippen molar-refractivity contribution in [2.75, 3.05) is 0 Å². The lowest BCUT2D eigenvalue weighted by atomic mass is 10.4. The molecule has 1 aromatic heterocycles. The molecule has 0 aromatic carbocycles. The molecule has 1 amide bonds. The number of rotatable bonds is 0. The summed E-state index contributed by atoms with van der Waals surface area (Å²) in [6, 6.07) is 3.53. The number of nitrogens with zero attached hydrogens (tertiary/aromatic N) is 2. The van der Waals surface area contributed by atoms with Crippen LogP contribution in [0.1, 0.15) is 0 Å². The average molecular weight is 205 g/mol. The molecule has 0 aliphatic carbocycles. The van der Waals surface area contributed by atoms with Crippen LogP contribution in [0.15, 0.2) is 23.3 Å². The molecule has 0 saturated carbocycles. The summed E-state index contributed by atoms with van der Waals surface area (Å²) in [7, 11) is 0. The van der Waals surface area contributed by atoms with Crippen molar-refractivity contribution in [1.82, 2.24) is 4.98 Å². The van der Waals surface area contributed by atoms with Gasteiger partial charge in [0.15, 0.2) is 0 Å². The average Bonchev–Trinajstić information content (AvgIpc) is 2.27. The number of hydrogen-bond acceptors (Lipinski definition) is 2. The van der Waals surface area contributed by atoms with Crippen LogP contribution in [0.4, 0.5) is 0 Å². The van der Waals surface area contributed by atoms with Crippen molar-refractivity contribution in [2.24, 2.45) is 4.99 Å². The highest BCUT2D eigenvalue weighted by molar-refractivity contribution is 6.05. The molecular weight excluding hydrogens is 199 g/mol. The van der Waals surface area contributed by atoms with Crippen LogP contribution >= 0.6 is 24.8 Å². The number of hydrogen-bond donors (Lipinski definition) is 0. The molecule has 0 fully saturated rings. The van der Waals surface area contributed by atoms with Gasteiger partial charge in [-0.2, -0.15) is 0 Å². The summed E-state index contributed by atoms with van der Waals surface area (Å²) in [6.45, 7) is 0. The van der Waals surface area contributed by atoms with Crippen LogP contribution in [0.3, 0.4) is 0 Å². The second-order valence-corrected chi connectivity index (χ2v) is 2.00. The molecule has 0 unspecified atom stereocenters. The molecular formula is C7H6Cl2N2O. The van der Waals surface area contributed by atoms with E-state index in [1.165, 1.54) is 6.08 Å². The molecule has 0 N–H and O–H groups in total. The van der Waals surface area contributed by atoms with Gasteiger partial charge in [-0.1, -0.05) is 0 Å². The van der Waals surface area contributed by atoms with Gasteiger partial charge in [-0.05, 0) is 12.1 Å². The molecule has 1 aliphatic rings. The van der Waals surface area contributed by atoms with Crippen LogP contribution in [0.2, 0.25) is 0 Å². The van der Waals surface area contributed by atoms with Crippen LogP contribution in [-0.2, 0) is 4.79 Å². The van der Waals surface area contributed by atoms with Crippen molar-refractivity contribution in [3.05, 3.63) is 29.0 Å². The summed E-state index contributed by atoms with van der Waals surface area (Å²) in [6.07, 6.45) is 3.07. The second kappa shape index (κ2) is 4.18. The lowest BCUT2D eigenvalue weighted by Gasteiger charge is -1.76. The van der Waals surface area contributed by atoms with E-state index in [9.17, 15) is 4.79 Å². The molecule has 0 saturated heterocycles. The molecule has 0 atom stereocenters. The van der Waals surface area contributed by atoms with Gasteiger partial charge in [0.05, 0.1) is 10.7 Å². The van der Waals surface area contributed by atoms with Gasteiger partial charge < -0.3 is 0 Å². The zero-order valence-electron chi connectivity index (χ0n) is 5.93. The van der Waals surface area contributed by atoms with Crippen molar-refractivity contribution >= 4 is 36.8 Å². The molecule has 1 aliphatic heterocycles. The largest absolute Gasteiger partial charge is 0.272 e. The predicted molar refractivity (Wildman–Crippen MR) is 49.0 cm³/mol. The zero-order chi connectivity index (χ0) is 6.97. The van der Waals surface area contributed by atoms with E-state index in [0.29, 0.717) is 10.7 Å². The summed E-state index contributed by atoms with van der Waals surface area (Å²) < 4.78 is 0. The third-order valence-electron chi connectivity index (χ3n) is 1.31. The Morgan fingerprint density at radius 3 is 2.67 bits per heavy atom. The minimum absolute atomic E-state index is 0. The van der Waals surface area contributed by atoms with Gasteiger partial charge in [0.1, 0.15) is 0 Å². The molecule has 0 spiro atoms. The summed E-state index contributed by atoms with van der Waals surface area (Å²) in [5.41, 5.74) is 0. The molecule has 2 heterocycles. The maximum atomic E-state index is 10.6. The minimum atomic E-state index is -0.214. The third-order valence-corrected chi connectivity index (χ3v) is 1.31. The maximum Gasteiger partial charge on any atom is 0.272 e.